The van der Waals surface area contributed by atoms with Gasteiger partial charge in [0.25, 0.3) is 0 Å². The van der Waals surface area contributed by atoms with Crippen LogP contribution in [0, 0.1) is 27.7 Å². The minimum absolute atomic E-state index is 0.0541. The van der Waals surface area contributed by atoms with Gasteiger partial charge in [0.15, 0.2) is 18.1 Å². The van der Waals surface area contributed by atoms with Crippen LogP contribution in [0.1, 0.15) is 38.2 Å². The van der Waals surface area contributed by atoms with Crippen molar-refractivity contribution in [1.29, 1.82) is 0 Å². The van der Waals surface area contributed by atoms with Gasteiger partial charge in [-0.2, -0.15) is 0 Å². The lowest BCUT2D eigenvalue weighted by molar-refractivity contribution is -0.141. The quantitative estimate of drug-likeness (QED) is 0.546. The molecule has 0 saturated carbocycles. The first-order valence-corrected chi connectivity index (χ1v) is 8.75. The first kappa shape index (κ1) is 20.5. The Hall–Kier alpha value is -2.82. The van der Waals surface area contributed by atoms with Crippen molar-refractivity contribution < 1.29 is 23.8 Å². The van der Waals surface area contributed by atoms with Gasteiger partial charge in [-0.05, 0) is 67.6 Å². The molecule has 0 amide bonds. The molecule has 0 unspecified atom stereocenters. The maximum Gasteiger partial charge on any atom is 0.310 e. The zero-order valence-corrected chi connectivity index (χ0v) is 16.8. The number of rotatable bonds is 7. The monoisotopic (exact) mass is 370 g/mol. The van der Waals surface area contributed by atoms with E-state index in [0.717, 1.165) is 27.8 Å². The van der Waals surface area contributed by atoms with Crippen LogP contribution in [-0.4, -0.2) is 32.6 Å². The van der Waals surface area contributed by atoms with E-state index in [1.807, 2.05) is 33.8 Å². The Kier molecular flexibility index (Phi) is 6.61. The molecule has 0 spiro atoms. The molecular weight excluding hydrogens is 344 g/mol. The molecular formula is C22H26O5. The van der Waals surface area contributed by atoms with E-state index >= 15 is 0 Å². The van der Waals surface area contributed by atoms with Gasteiger partial charge in [-0.15, -0.1) is 0 Å². The third-order valence-corrected chi connectivity index (χ3v) is 4.80. The molecule has 0 aromatic heterocycles. The van der Waals surface area contributed by atoms with E-state index < -0.39 is 5.97 Å². The predicted molar refractivity (Wildman–Crippen MR) is 104 cm³/mol. The number of ketones is 1. The van der Waals surface area contributed by atoms with E-state index in [4.69, 9.17) is 14.2 Å². The maximum atomic E-state index is 12.6. The van der Waals surface area contributed by atoms with E-state index in [9.17, 15) is 9.59 Å². The summed E-state index contributed by atoms with van der Waals surface area (Å²) < 4.78 is 15.6. The van der Waals surface area contributed by atoms with Gasteiger partial charge in [0.1, 0.15) is 0 Å². The van der Waals surface area contributed by atoms with Crippen molar-refractivity contribution >= 4 is 11.8 Å². The molecule has 0 radical (unpaired) electrons. The van der Waals surface area contributed by atoms with Crippen molar-refractivity contribution in [1.82, 2.24) is 0 Å². The molecule has 27 heavy (non-hydrogen) atoms. The van der Waals surface area contributed by atoms with Gasteiger partial charge in [0, 0.05) is 5.56 Å². The molecule has 0 aliphatic heterocycles. The van der Waals surface area contributed by atoms with Crippen molar-refractivity contribution in [3.05, 3.63) is 57.6 Å². The Labute approximate surface area is 160 Å². The largest absolute Gasteiger partial charge is 0.493 e. The van der Waals surface area contributed by atoms with Crippen molar-refractivity contribution in [2.75, 3.05) is 20.8 Å². The fourth-order valence-corrected chi connectivity index (χ4v) is 3.14. The Morgan fingerprint density at radius 2 is 1.52 bits per heavy atom. The third-order valence-electron chi connectivity index (χ3n) is 4.80. The Balaban J connectivity index is 2.04. The lowest BCUT2D eigenvalue weighted by atomic mass is 9.92. The van der Waals surface area contributed by atoms with Gasteiger partial charge >= 0.3 is 5.97 Å². The molecule has 0 heterocycles. The summed E-state index contributed by atoms with van der Waals surface area (Å²) in [6.07, 6.45) is 0.0541. The molecule has 5 nitrogen and oxygen atoms in total. The third kappa shape index (κ3) is 4.67. The maximum absolute atomic E-state index is 12.6. The molecule has 0 aliphatic rings. The molecule has 0 bridgehead atoms. The number of carbonyl (C=O) groups is 2. The second-order valence-electron chi connectivity index (χ2n) is 6.59. The average Bonchev–Trinajstić information content (AvgIpc) is 2.64. The molecule has 2 aromatic rings. The number of esters is 1. The minimum atomic E-state index is -0.463. The number of Topliss-reactive ketones (excluding diaryl/α,β-unsaturated/α-hetero) is 1. The zero-order valence-electron chi connectivity index (χ0n) is 16.8. The fraction of sp³-hybridized carbons (Fsp3) is 0.364. The van der Waals surface area contributed by atoms with Crippen LogP contribution in [-0.2, 0) is 16.0 Å². The standard InChI is InChI=1S/C22H26O5/c1-13-9-14(2)22(16(4)15(13)3)18(23)12-27-21(24)11-17-7-8-19(25-5)20(10-17)26-6/h7-10H,11-12H2,1-6H3. The highest BCUT2D eigenvalue weighted by Crippen LogP contribution is 2.28. The number of benzene rings is 2. The summed E-state index contributed by atoms with van der Waals surface area (Å²) in [6, 6.07) is 7.21. The summed E-state index contributed by atoms with van der Waals surface area (Å²) in [5.74, 6) is 0.481. The van der Waals surface area contributed by atoms with E-state index in [-0.39, 0.29) is 18.8 Å². The summed E-state index contributed by atoms with van der Waals surface area (Å²) in [5, 5.41) is 0. The van der Waals surface area contributed by atoms with E-state index in [2.05, 4.69) is 0 Å². The lowest BCUT2D eigenvalue weighted by Crippen LogP contribution is -2.18. The summed E-state index contributed by atoms with van der Waals surface area (Å²) >= 11 is 0. The van der Waals surface area contributed by atoms with Gasteiger partial charge < -0.3 is 14.2 Å². The fourth-order valence-electron chi connectivity index (χ4n) is 3.14. The van der Waals surface area contributed by atoms with Crippen molar-refractivity contribution in [3.63, 3.8) is 0 Å². The summed E-state index contributed by atoms with van der Waals surface area (Å²) in [5.41, 5.74) is 5.43. The number of ether oxygens (including phenoxy) is 3. The molecule has 5 heteroatoms. The number of hydrogen-bond donors (Lipinski definition) is 0. The van der Waals surface area contributed by atoms with Gasteiger partial charge in [0.05, 0.1) is 20.6 Å². The highest BCUT2D eigenvalue weighted by Gasteiger charge is 2.17. The highest BCUT2D eigenvalue weighted by molar-refractivity contribution is 6.01. The van der Waals surface area contributed by atoms with Crippen LogP contribution in [0.15, 0.2) is 24.3 Å². The summed E-state index contributed by atoms with van der Waals surface area (Å²) in [6.45, 7) is 7.57. The SMILES string of the molecule is COc1ccc(CC(=O)OCC(=O)c2c(C)cc(C)c(C)c2C)cc1OC. The molecule has 144 valence electrons. The molecule has 2 aromatic carbocycles. The average molecular weight is 370 g/mol. The summed E-state index contributed by atoms with van der Waals surface area (Å²) in [7, 11) is 3.08. The summed E-state index contributed by atoms with van der Waals surface area (Å²) in [4.78, 5) is 24.7. The first-order valence-electron chi connectivity index (χ1n) is 8.75. The number of carbonyl (C=O) groups excluding carboxylic acids is 2. The zero-order chi connectivity index (χ0) is 20.1. The van der Waals surface area contributed by atoms with Crippen LogP contribution in [0.25, 0.3) is 0 Å². The molecule has 0 saturated heterocycles. The van der Waals surface area contributed by atoms with Crippen LogP contribution < -0.4 is 9.47 Å². The Bertz CT molecular complexity index is 867. The van der Waals surface area contributed by atoms with E-state index in [0.29, 0.717) is 17.1 Å². The molecule has 0 atom stereocenters. The Morgan fingerprint density at radius 3 is 2.15 bits per heavy atom. The van der Waals surface area contributed by atoms with E-state index in [1.54, 1.807) is 25.3 Å². The number of aryl methyl sites for hydroxylation is 2. The van der Waals surface area contributed by atoms with Crippen LogP contribution in [0.5, 0.6) is 11.5 Å². The van der Waals surface area contributed by atoms with Crippen LogP contribution in [0.2, 0.25) is 0 Å². The van der Waals surface area contributed by atoms with E-state index in [1.165, 1.54) is 7.11 Å². The first-order chi connectivity index (χ1) is 12.8. The van der Waals surface area contributed by atoms with Crippen LogP contribution in [0.4, 0.5) is 0 Å². The second kappa shape index (κ2) is 8.71. The van der Waals surface area contributed by atoms with Gasteiger partial charge in [0.2, 0.25) is 5.78 Å². The van der Waals surface area contributed by atoms with Gasteiger partial charge in [-0.25, -0.2) is 0 Å². The molecule has 0 aliphatic carbocycles. The normalized spacial score (nSPS) is 10.4. The molecule has 0 N–H and O–H groups in total. The number of hydrogen-bond acceptors (Lipinski definition) is 5. The smallest absolute Gasteiger partial charge is 0.310 e. The van der Waals surface area contributed by atoms with Crippen LogP contribution in [0.3, 0.4) is 0 Å². The van der Waals surface area contributed by atoms with Gasteiger partial charge in [-0.3, -0.25) is 9.59 Å². The minimum Gasteiger partial charge on any atom is -0.493 e. The predicted octanol–water partition coefficient (Wildman–Crippen LogP) is 3.91. The number of methoxy groups -OCH3 is 2. The van der Waals surface area contributed by atoms with Crippen LogP contribution >= 0.6 is 0 Å². The molecule has 2 rings (SSSR count). The Morgan fingerprint density at radius 1 is 0.852 bits per heavy atom. The van der Waals surface area contributed by atoms with Crippen molar-refractivity contribution in [2.24, 2.45) is 0 Å². The highest BCUT2D eigenvalue weighted by atomic mass is 16.5. The van der Waals surface area contributed by atoms with Crippen molar-refractivity contribution in [2.45, 2.75) is 34.1 Å². The molecule has 0 fully saturated rings. The van der Waals surface area contributed by atoms with Crippen molar-refractivity contribution in [3.8, 4) is 11.5 Å². The van der Waals surface area contributed by atoms with Gasteiger partial charge in [-0.1, -0.05) is 12.1 Å². The lowest BCUT2D eigenvalue weighted by Gasteiger charge is -2.14. The second-order valence-corrected chi connectivity index (χ2v) is 6.59. The topological polar surface area (TPSA) is 61.8 Å².